The van der Waals surface area contributed by atoms with E-state index in [0.29, 0.717) is 0 Å². The van der Waals surface area contributed by atoms with Crippen LogP contribution < -0.4 is 9.64 Å². The quantitative estimate of drug-likeness (QED) is 0.176. The molecule has 0 spiro atoms. The second-order valence-electron chi connectivity index (χ2n) is 16.0. The summed E-state index contributed by atoms with van der Waals surface area (Å²) in [7, 11) is 0. The third-order valence-electron chi connectivity index (χ3n) is 12.5. The van der Waals surface area contributed by atoms with E-state index in [1.807, 2.05) is 18.2 Å². The number of furan rings is 1. The van der Waals surface area contributed by atoms with E-state index >= 15 is 0 Å². The summed E-state index contributed by atoms with van der Waals surface area (Å²) in [6.45, 7) is 4.71. The van der Waals surface area contributed by atoms with Crippen molar-refractivity contribution in [3.8, 4) is 56.0 Å². The van der Waals surface area contributed by atoms with Crippen molar-refractivity contribution in [1.29, 1.82) is 0 Å². The minimum Gasteiger partial charge on any atom is -0.456 e. The second kappa shape index (κ2) is 12.3. The highest BCUT2D eigenvalue weighted by Crippen LogP contribution is 2.55. The van der Waals surface area contributed by atoms with Gasteiger partial charge >= 0.3 is 0 Å². The summed E-state index contributed by atoms with van der Waals surface area (Å²) >= 11 is 0. The Bertz CT molecular complexity index is 3280. The first kappa shape index (κ1) is 32.8. The molecule has 0 bridgehead atoms. The standard InChI is InChI=1S/C55H37NO2/c1-55(2)47-19-8-6-14-40(47)46-18-11-20-48(54(46)55)56(38-27-29-42-41-15-7-9-21-49(41)57-52(42)33-38)37-25-22-35(23-26-37)39-30-31-50-53-44(39)16-10-17-45(53)43-28-24-36(32-51(43)58-50)34-12-4-3-5-13-34/h3-33H,1-2H3. The molecule has 0 radical (unpaired) electrons. The zero-order valence-electron chi connectivity index (χ0n) is 32.2. The van der Waals surface area contributed by atoms with E-state index in [1.54, 1.807) is 0 Å². The molecule has 0 amide bonds. The largest absolute Gasteiger partial charge is 0.456 e. The molecule has 0 atom stereocenters. The van der Waals surface area contributed by atoms with Gasteiger partial charge in [-0.05, 0) is 110 Å². The zero-order chi connectivity index (χ0) is 38.5. The Morgan fingerprint density at radius 2 is 1.10 bits per heavy atom. The lowest BCUT2D eigenvalue weighted by Gasteiger charge is -2.32. The highest BCUT2D eigenvalue weighted by atomic mass is 16.5. The monoisotopic (exact) mass is 743 g/mol. The van der Waals surface area contributed by atoms with Gasteiger partial charge in [0.25, 0.3) is 0 Å². The molecule has 0 N–H and O–H groups in total. The molecule has 1 aliphatic carbocycles. The summed E-state index contributed by atoms with van der Waals surface area (Å²) in [5.41, 5.74) is 17.1. The number of fused-ring (bicyclic) bond motifs is 8. The van der Waals surface area contributed by atoms with E-state index in [9.17, 15) is 0 Å². The number of hydrogen-bond acceptors (Lipinski definition) is 3. The maximum absolute atomic E-state index is 6.66. The summed E-state index contributed by atoms with van der Waals surface area (Å²) < 4.78 is 13.1. The Kier molecular flexibility index (Phi) is 6.98. The highest BCUT2D eigenvalue weighted by Gasteiger charge is 2.38. The molecule has 3 heteroatoms. The van der Waals surface area contributed by atoms with Crippen LogP contribution >= 0.6 is 0 Å². The molecule has 0 saturated heterocycles. The third-order valence-corrected chi connectivity index (χ3v) is 12.5. The normalized spacial score (nSPS) is 13.3. The molecule has 2 aliphatic rings. The van der Waals surface area contributed by atoms with Crippen LogP contribution in [0.2, 0.25) is 0 Å². The first-order chi connectivity index (χ1) is 28.5. The lowest BCUT2D eigenvalue weighted by atomic mass is 9.81. The van der Waals surface area contributed by atoms with E-state index in [4.69, 9.17) is 9.15 Å². The van der Waals surface area contributed by atoms with Crippen LogP contribution in [0.25, 0.3) is 77.2 Å². The summed E-state index contributed by atoms with van der Waals surface area (Å²) in [5, 5.41) is 4.57. The van der Waals surface area contributed by atoms with Crippen LogP contribution in [-0.2, 0) is 5.41 Å². The maximum atomic E-state index is 6.66. The molecular weight excluding hydrogens is 707 g/mol. The smallest absolute Gasteiger partial charge is 0.137 e. The number of nitrogens with zero attached hydrogens (tertiary/aromatic N) is 1. The molecular formula is C55H37NO2. The average molecular weight is 744 g/mol. The lowest BCUT2D eigenvalue weighted by Crippen LogP contribution is -2.20. The predicted molar refractivity (Wildman–Crippen MR) is 240 cm³/mol. The van der Waals surface area contributed by atoms with E-state index in [-0.39, 0.29) is 5.41 Å². The number of rotatable bonds is 5. The van der Waals surface area contributed by atoms with Crippen LogP contribution in [0.1, 0.15) is 25.0 Å². The van der Waals surface area contributed by atoms with E-state index in [2.05, 4.69) is 189 Å². The molecule has 9 aromatic carbocycles. The van der Waals surface area contributed by atoms with Crippen molar-refractivity contribution in [2.45, 2.75) is 19.3 Å². The molecule has 10 aromatic rings. The van der Waals surface area contributed by atoms with Crippen LogP contribution in [0.5, 0.6) is 11.5 Å². The third kappa shape index (κ3) is 4.80. The van der Waals surface area contributed by atoms with Crippen LogP contribution in [0, 0.1) is 0 Å². The molecule has 12 rings (SSSR count). The Morgan fingerprint density at radius 3 is 2.00 bits per heavy atom. The van der Waals surface area contributed by atoms with Crippen molar-refractivity contribution in [2.75, 3.05) is 4.90 Å². The van der Waals surface area contributed by atoms with Gasteiger partial charge in [0, 0.05) is 44.6 Å². The van der Waals surface area contributed by atoms with Gasteiger partial charge in [-0.15, -0.1) is 0 Å². The van der Waals surface area contributed by atoms with Crippen LogP contribution in [0.15, 0.2) is 192 Å². The van der Waals surface area contributed by atoms with Gasteiger partial charge in [-0.2, -0.15) is 0 Å². The van der Waals surface area contributed by atoms with Crippen molar-refractivity contribution in [1.82, 2.24) is 0 Å². The summed E-state index contributed by atoms with van der Waals surface area (Å²) in [4.78, 5) is 2.41. The number of hydrogen-bond donors (Lipinski definition) is 0. The van der Waals surface area contributed by atoms with Gasteiger partial charge < -0.3 is 14.1 Å². The second-order valence-corrected chi connectivity index (χ2v) is 16.0. The fourth-order valence-corrected chi connectivity index (χ4v) is 9.77. The molecule has 0 unspecified atom stereocenters. The van der Waals surface area contributed by atoms with Gasteiger partial charge in [0.05, 0.1) is 5.69 Å². The number of benzene rings is 9. The fourth-order valence-electron chi connectivity index (χ4n) is 9.77. The number of ether oxygens (including phenoxy) is 1. The van der Waals surface area contributed by atoms with Gasteiger partial charge in [0.2, 0.25) is 0 Å². The van der Waals surface area contributed by atoms with Crippen LogP contribution in [0.3, 0.4) is 0 Å². The maximum Gasteiger partial charge on any atom is 0.137 e. The first-order valence-corrected chi connectivity index (χ1v) is 20.0. The minimum absolute atomic E-state index is 0.197. The van der Waals surface area contributed by atoms with Crippen LogP contribution in [-0.4, -0.2) is 0 Å². The highest BCUT2D eigenvalue weighted by molar-refractivity contribution is 6.10. The topological polar surface area (TPSA) is 25.6 Å². The molecule has 0 saturated carbocycles. The summed E-state index contributed by atoms with van der Waals surface area (Å²) in [6.07, 6.45) is 0. The SMILES string of the molecule is CC1(C)c2ccccc2-c2cccc(N(c3ccc(-c4ccc5c6c(cccc46)-c4ccc(-c6ccccc6)cc4O5)cc3)c3ccc4c(c3)oc3ccccc34)c21. The molecule has 2 heterocycles. The molecule has 274 valence electrons. The van der Waals surface area contributed by atoms with Gasteiger partial charge in [-0.25, -0.2) is 0 Å². The van der Waals surface area contributed by atoms with E-state index in [0.717, 1.165) is 72.6 Å². The lowest BCUT2D eigenvalue weighted by molar-refractivity contribution is 0.487. The van der Waals surface area contributed by atoms with Gasteiger partial charge in [-0.1, -0.05) is 141 Å². The Hall–Kier alpha value is -7.36. The van der Waals surface area contributed by atoms with Crippen molar-refractivity contribution < 1.29 is 9.15 Å². The minimum atomic E-state index is -0.197. The molecule has 0 fully saturated rings. The summed E-state index contributed by atoms with van der Waals surface area (Å²) in [5.74, 6) is 1.77. The molecule has 58 heavy (non-hydrogen) atoms. The van der Waals surface area contributed by atoms with Crippen molar-refractivity contribution in [3.05, 3.63) is 199 Å². The number of anilines is 3. The Balaban J connectivity index is 0.990. The van der Waals surface area contributed by atoms with Gasteiger partial charge in [0.15, 0.2) is 0 Å². The van der Waals surface area contributed by atoms with Crippen molar-refractivity contribution in [2.24, 2.45) is 0 Å². The van der Waals surface area contributed by atoms with E-state index < -0.39 is 0 Å². The Labute approximate surface area is 337 Å². The van der Waals surface area contributed by atoms with Gasteiger partial charge in [-0.3, -0.25) is 0 Å². The fraction of sp³-hybridized carbons (Fsp3) is 0.0545. The Morgan fingerprint density at radius 1 is 0.414 bits per heavy atom. The molecule has 3 nitrogen and oxygen atoms in total. The molecule has 1 aromatic heterocycles. The molecule has 1 aliphatic heterocycles. The average Bonchev–Trinajstić information content (AvgIpc) is 3.76. The van der Waals surface area contributed by atoms with Crippen LogP contribution in [0.4, 0.5) is 17.1 Å². The first-order valence-electron chi connectivity index (χ1n) is 20.0. The van der Waals surface area contributed by atoms with Crippen molar-refractivity contribution >= 4 is 49.8 Å². The zero-order valence-corrected chi connectivity index (χ0v) is 32.2. The number of para-hydroxylation sites is 1. The summed E-state index contributed by atoms with van der Waals surface area (Å²) in [6, 6.07) is 67.6. The van der Waals surface area contributed by atoms with Crippen molar-refractivity contribution in [3.63, 3.8) is 0 Å². The van der Waals surface area contributed by atoms with E-state index in [1.165, 1.54) is 44.3 Å². The van der Waals surface area contributed by atoms with Gasteiger partial charge in [0.1, 0.15) is 22.7 Å². The predicted octanol–water partition coefficient (Wildman–Crippen LogP) is 15.6.